The average molecular weight is 354 g/mol. The van der Waals surface area contributed by atoms with Crippen molar-refractivity contribution in [3.8, 4) is 6.07 Å². The number of allylic oxidation sites excluding steroid dienone is 3. The number of nitrogens with two attached hydrogens (primary N) is 1. The average Bonchev–Trinajstić information content (AvgIpc) is 2.69. The van der Waals surface area contributed by atoms with Crippen LogP contribution in [0.5, 0.6) is 0 Å². The summed E-state index contributed by atoms with van der Waals surface area (Å²) in [5.41, 5.74) is 11.2. The molecule has 27 heavy (non-hydrogen) atoms. The highest BCUT2D eigenvalue weighted by Gasteiger charge is 2.37. The van der Waals surface area contributed by atoms with Crippen LogP contribution in [0.25, 0.3) is 6.08 Å². The van der Waals surface area contributed by atoms with Crippen LogP contribution >= 0.6 is 0 Å². The first-order valence-corrected chi connectivity index (χ1v) is 9.29. The van der Waals surface area contributed by atoms with Crippen molar-refractivity contribution in [1.82, 2.24) is 0 Å². The van der Waals surface area contributed by atoms with Crippen molar-refractivity contribution in [2.45, 2.75) is 25.7 Å². The molecule has 1 heterocycles. The van der Waals surface area contributed by atoms with Crippen LogP contribution in [0.1, 0.15) is 36.8 Å². The fourth-order valence-electron chi connectivity index (χ4n) is 4.08. The van der Waals surface area contributed by atoms with E-state index >= 15 is 0 Å². The Balaban J connectivity index is 1.87. The summed E-state index contributed by atoms with van der Waals surface area (Å²) in [6, 6.07) is 22.7. The molecule has 2 atom stereocenters. The third-order valence-corrected chi connectivity index (χ3v) is 5.23. The van der Waals surface area contributed by atoms with E-state index in [9.17, 15) is 5.26 Å². The van der Waals surface area contributed by atoms with E-state index in [1.165, 1.54) is 0 Å². The van der Waals surface area contributed by atoms with Crippen molar-refractivity contribution in [2.24, 2.45) is 11.7 Å². The maximum absolute atomic E-state index is 9.75. The van der Waals surface area contributed by atoms with Gasteiger partial charge in [-0.3, -0.25) is 0 Å². The van der Waals surface area contributed by atoms with Crippen LogP contribution in [0.3, 0.4) is 0 Å². The van der Waals surface area contributed by atoms with Gasteiger partial charge < -0.3 is 10.5 Å². The van der Waals surface area contributed by atoms with Crippen molar-refractivity contribution in [1.29, 1.82) is 5.26 Å². The molecule has 0 radical (unpaired) electrons. The standard InChI is InChI=1S/C24H22N2O/c1-16-12-19(14-17-8-4-2-5-9-17)23-20(13-16)22(18-10-6-3-7-11-18)21(15-25)24(26)27-23/h2-11,14,16,22H,12-13,26H2,1H3/b19-14+/t16-,22-/m0/s1. The molecule has 2 aromatic rings. The Morgan fingerprint density at radius 1 is 1.04 bits per heavy atom. The molecule has 1 aliphatic carbocycles. The van der Waals surface area contributed by atoms with E-state index < -0.39 is 0 Å². The second-order valence-electron chi connectivity index (χ2n) is 7.28. The number of nitrogens with zero attached hydrogens (tertiary/aromatic N) is 1. The lowest BCUT2D eigenvalue weighted by molar-refractivity contribution is 0.268. The van der Waals surface area contributed by atoms with Crippen LogP contribution in [0, 0.1) is 17.2 Å². The van der Waals surface area contributed by atoms with Gasteiger partial charge in [-0.25, -0.2) is 0 Å². The molecule has 0 amide bonds. The van der Waals surface area contributed by atoms with Crippen molar-refractivity contribution < 1.29 is 4.74 Å². The summed E-state index contributed by atoms with van der Waals surface area (Å²) in [6.07, 6.45) is 4.02. The predicted octanol–water partition coefficient (Wildman–Crippen LogP) is 5.26. The van der Waals surface area contributed by atoms with E-state index in [2.05, 4.69) is 43.3 Å². The first-order valence-electron chi connectivity index (χ1n) is 9.29. The summed E-state index contributed by atoms with van der Waals surface area (Å²) in [7, 11) is 0. The number of ether oxygens (including phenoxy) is 1. The van der Waals surface area contributed by atoms with Crippen LogP contribution in [-0.4, -0.2) is 0 Å². The number of benzene rings is 2. The van der Waals surface area contributed by atoms with Crippen molar-refractivity contribution in [2.75, 3.05) is 0 Å². The van der Waals surface area contributed by atoms with Gasteiger partial charge in [0.15, 0.2) is 0 Å². The highest BCUT2D eigenvalue weighted by molar-refractivity contribution is 5.62. The van der Waals surface area contributed by atoms with Crippen LogP contribution in [0.2, 0.25) is 0 Å². The zero-order valence-electron chi connectivity index (χ0n) is 15.4. The zero-order chi connectivity index (χ0) is 18.8. The molecule has 1 aliphatic heterocycles. The fraction of sp³-hybridized carbons (Fsp3) is 0.208. The molecule has 0 bridgehead atoms. The van der Waals surface area contributed by atoms with E-state index in [-0.39, 0.29) is 11.8 Å². The summed E-state index contributed by atoms with van der Waals surface area (Å²) in [5, 5.41) is 9.75. The monoisotopic (exact) mass is 354 g/mol. The van der Waals surface area contributed by atoms with Gasteiger partial charge in [0, 0.05) is 5.92 Å². The topological polar surface area (TPSA) is 59.0 Å². The lowest BCUT2D eigenvalue weighted by atomic mass is 9.74. The molecule has 4 rings (SSSR count). The van der Waals surface area contributed by atoms with Gasteiger partial charge in [0.25, 0.3) is 0 Å². The molecular formula is C24H22N2O. The summed E-state index contributed by atoms with van der Waals surface area (Å²) in [5.74, 6) is 1.41. The van der Waals surface area contributed by atoms with Gasteiger partial charge in [0.2, 0.25) is 5.88 Å². The molecule has 3 heteroatoms. The van der Waals surface area contributed by atoms with E-state index in [4.69, 9.17) is 10.5 Å². The van der Waals surface area contributed by atoms with E-state index in [0.717, 1.165) is 40.9 Å². The quantitative estimate of drug-likeness (QED) is 0.800. The Morgan fingerprint density at radius 3 is 2.37 bits per heavy atom. The number of hydrogen-bond acceptors (Lipinski definition) is 3. The lowest BCUT2D eigenvalue weighted by Gasteiger charge is -2.35. The van der Waals surface area contributed by atoms with Gasteiger partial charge in [-0.2, -0.15) is 5.26 Å². The van der Waals surface area contributed by atoms with Crippen LogP contribution < -0.4 is 5.73 Å². The Kier molecular flexibility index (Phi) is 4.56. The SMILES string of the molecule is C[C@@H]1CC2=C(OC(N)=C(C#N)[C@H]2c2ccccc2)/C(=C/c2ccccc2)C1. The van der Waals surface area contributed by atoms with Crippen molar-refractivity contribution >= 4 is 6.08 Å². The highest BCUT2D eigenvalue weighted by Crippen LogP contribution is 2.48. The maximum Gasteiger partial charge on any atom is 0.205 e. The van der Waals surface area contributed by atoms with Gasteiger partial charge in [-0.1, -0.05) is 67.6 Å². The molecule has 0 aromatic heterocycles. The minimum atomic E-state index is -0.137. The number of hydrogen-bond donors (Lipinski definition) is 1. The molecule has 0 fully saturated rings. The molecule has 2 aromatic carbocycles. The molecular weight excluding hydrogens is 332 g/mol. The van der Waals surface area contributed by atoms with Gasteiger partial charge in [0.1, 0.15) is 17.4 Å². The van der Waals surface area contributed by atoms with Gasteiger partial charge >= 0.3 is 0 Å². The largest absolute Gasteiger partial charge is 0.440 e. The summed E-state index contributed by atoms with van der Waals surface area (Å²) in [4.78, 5) is 0. The smallest absolute Gasteiger partial charge is 0.205 e. The molecule has 2 aliphatic rings. The van der Waals surface area contributed by atoms with Gasteiger partial charge in [-0.15, -0.1) is 0 Å². The molecule has 0 unspecified atom stereocenters. The molecule has 0 spiro atoms. The minimum Gasteiger partial charge on any atom is -0.440 e. The molecule has 0 saturated heterocycles. The lowest BCUT2D eigenvalue weighted by Crippen LogP contribution is -2.25. The van der Waals surface area contributed by atoms with E-state index in [1.54, 1.807) is 0 Å². The third kappa shape index (κ3) is 3.27. The van der Waals surface area contributed by atoms with Crippen LogP contribution in [0.15, 0.2) is 89.0 Å². The molecule has 3 nitrogen and oxygen atoms in total. The van der Waals surface area contributed by atoms with E-state index in [0.29, 0.717) is 11.5 Å². The van der Waals surface area contributed by atoms with E-state index in [1.807, 2.05) is 36.4 Å². The Morgan fingerprint density at radius 2 is 1.70 bits per heavy atom. The number of nitriles is 1. The first-order chi connectivity index (χ1) is 13.2. The van der Waals surface area contributed by atoms with Gasteiger partial charge in [-0.05, 0) is 47.1 Å². The zero-order valence-corrected chi connectivity index (χ0v) is 15.4. The van der Waals surface area contributed by atoms with Crippen molar-refractivity contribution in [3.63, 3.8) is 0 Å². The highest BCUT2D eigenvalue weighted by atomic mass is 16.5. The molecule has 2 N–H and O–H groups in total. The van der Waals surface area contributed by atoms with Crippen LogP contribution in [0.4, 0.5) is 0 Å². The Bertz CT molecular complexity index is 978. The minimum absolute atomic E-state index is 0.137. The predicted molar refractivity (Wildman–Crippen MR) is 107 cm³/mol. The van der Waals surface area contributed by atoms with Crippen molar-refractivity contribution in [3.05, 3.63) is 100 Å². The Labute approximate surface area is 160 Å². The third-order valence-electron chi connectivity index (χ3n) is 5.23. The first kappa shape index (κ1) is 17.2. The fourth-order valence-corrected chi connectivity index (χ4v) is 4.08. The normalized spacial score (nSPS) is 23.6. The maximum atomic E-state index is 9.75. The Hall–Kier alpha value is -3.25. The second kappa shape index (κ2) is 7.17. The molecule has 134 valence electrons. The number of rotatable bonds is 2. The molecule has 0 saturated carbocycles. The van der Waals surface area contributed by atoms with Crippen LogP contribution in [-0.2, 0) is 4.74 Å². The summed E-state index contributed by atoms with van der Waals surface area (Å²) < 4.78 is 6.02. The summed E-state index contributed by atoms with van der Waals surface area (Å²) >= 11 is 0. The summed E-state index contributed by atoms with van der Waals surface area (Å²) in [6.45, 7) is 2.25. The second-order valence-corrected chi connectivity index (χ2v) is 7.28. The van der Waals surface area contributed by atoms with Gasteiger partial charge in [0.05, 0.1) is 0 Å².